The van der Waals surface area contributed by atoms with Crippen LogP contribution in [-0.2, 0) is 9.59 Å². The standard InChI is InChI=1S/C23H18ClNO2S2/c1-14(2)15-5-9-17(10-6-15)25-22(26)20(19-4-3-13-28-19)21(23(25)27)29-18-11-7-16(24)8-12-18/h3-14H,1-2H3. The van der Waals surface area contributed by atoms with Crippen molar-refractivity contribution in [1.29, 1.82) is 0 Å². The van der Waals surface area contributed by atoms with E-state index in [-0.39, 0.29) is 11.8 Å². The highest BCUT2D eigenvalue weighted by Gasteiger charge is 2.40. The average molecular weight is 440 g/mol. The van der Waals surface area contributed by atoms with Crippen molar-refractivity contribution in [2.24, 2.45) is 0 Å². The quantitative estimate of drug-likeness (QED) is 0.420. The SMILES string of the molecule is CC(C)c1ccc(N2C(=O)C(Sc3ccc(Cl)cc3)=C(c3cccs3)C2=O)cc1. The molecule has 0 unspecified atom stereocenters. The molecule has 3 aromatic rings. The summed E-state index contributed by atoms with van der Waals surface area (Å²) in [5, 5.41) is 2.53. The van der Waals surface area contributed by atoms with E-state index in [0.29, 0.717) is 27.1 Å². The molecule has 29 heavy (non-hydrogen) atoms. The summed E-state index contributed by atoms with van der Waals surface area (Å²) in [6.45, 7) is 4.22. The summed E-state index contributed by atoms with van der Waals surface area (Å²) in [5.74, 6) is -0.202. The molecule has 1 aliphatic rings. The van der Waals surface area contributed by atoms with Crippen molar-refractivity contribution in [1.82, 2.24) is 0 Å². The number of carbonyl (C=O) groups is 2. The lowest BCUT2D eigenvalue weighted by atomic mass is 10.0. The van der Waals surface area contributed by atoms with Crippen LogP contribution in [0.15, 0.2) is 75.8 Å². The van der Waals surface area contributed by atoms with Gasteiger partial charge in [0.15, 0.2) is 0 Å². The zero-order chi connectivity index (χ0) is 20.5. The Bertz CT molecular complexity index is 1080. The molecule has 146 valence electrons. The zero-order valence-electron chi connectivity index (χ0n) is 15.9. The summed E-state index contributed by atoms with van der Waals surface area (Å²) < 4.78 is 0. The fraction of sp³-hybridized carbons (Fsp3) is 0.130. The maximum absolute atomic E-state index is 13.3. The molecule has 0 atom stereocenters. The Morgan fingerprint density at radius 2 is 1.62 bits per heavy atom. The number of thioether (sulfide) groups is 1. The molecule has 6 heteroatoms. The number of imide groups is 1. The van der Waals surface area contributed by atoms with Gasteiger partial charge in [-0.05, 0) is 59.3 Å². The first-order valence-corrected chi connectivity index (χ1v) is 11.2. The number of thiophene rings is 1. The van der Waals surface area contributed by atoms with Gasteiger partial charge in [0.2, 0.25) is 0 Å². The normalized spacial score (nSPS) is 14.4. The number of anilines is 1. The van der Waals surface area contributed by atoms with E-state index in [1.807, 2.05) is 53.9 Å². The molecule has 0 saturated heterocycles. The third-order valence-corrected chi connectivity index (χ3v) is 6.89. The van der Waals surface area contributed by atoms with E-state index >= 15 is 0 Å². The Labute approximate surface area is 183 Å². The highest BCUT2D eigenvalue weighted by molar-refractivity contribution is 8.04. The topological polar surface area (TPSA) is 37.4 Å². The summed E-state index contributed by atoms with van der Waals surface area (Å²) in [6, 6.07) is 18.6. The lowest BCUT2D eigenvalue weighted by molar-refractivity contribution is -0.119. The minimum absolute atomic E-state index is 0.286. The average Bonchev–Trinajstić information content (AvgIpc) is 3.31. The van der Waals surface area contributed by atoms with Gasteiger partial charge in [-0.2, -0.15) is 0 Å². The van der Waals surface area contributed by atoms with Gasteiger partial charge in [-0.15, -0.1) is 11.3 Å². The molecule has 3 nitrogen and oxygen atoms in total. The van der Waals surface area contributed by atoms with Gasteiger partial charge in [-0.25, -0.2) is 4.90 Å². The van der Waals surface area contributed by atoms with Crippen LogP contribution in [0.3, 0.4) is 0 Å². The predicted octanol–water partition coefficient (Wildman–Crippen LogP) is 6.60. The molecule has 2 aromatic carbocycles. The van der Waals surface area contributed by atoms with Crippen LogP contribution in [0, 0.1) is 0 Å². The van der Waals surface area contributed by atoms with Gasteiger partial charge in [0.1, 0.15) is 0 Å². The van der Waals surface area contributed by atoms with E-state index in [1.54, 1.807) is 12.1 Å². The molecular weight excluding hydrogens is 422 g/mol. The summed E-state index contributed by atoms with van der Waals surface area (Å²) in [5.41, 5.74) is 2.21. The van der Waals surface area contributed by atoms with Gasteiger partial charge in [-0.3, -0.25) is 9.59 Å². The molecule has 2 amide bonds. The summed E-state index contributed by atoms with van der Waals surface area (Å²) in [6.07, 6.45) is 0. The molecule has 1 aliphatic heterocycles. The molecule has 2 heterocycles. The zero-order valence-corrected chi connectivity index (χ0v) is 18.3. The van der Waals surface area contributed by atoms with Crippen molar-refractivity contribution in [2.75, 3.05) is 4.90 Å². The summed E-state index contributed by atoms with van der Waals surface area (Å²) >= 11 is 8.73. The van der Waals surface area contributed by atoms with Crippen molar-refractivity contribution in [3.8, 4) is 0 Å². The number of nitrogens with zero attached hydrogens (tertiary/aromatic N) is 1. The maximum atomic E-state index is 13.3. The van der Waals surface area contributed by atoms with Gasteiger partial charge in [-0.1, -0.05) is 55.4 Å². The first kappa shape index (κ1) is 20.0. The van der Waals surface area contributed by atoms with Gasteiger partial charge >= 0.3 is 0 Å². The number of carbonyl (C=O) groups excluding carboxylic acids is 2. The third-order valence-electron chi connectivity index (χ3n) is 4.66. The smallest absolute Gasteiger partial charge is 0.268 e. The van der Waals surface area contributed by atoms with Crippen LogP contribution in [-0.4, -0.2) is 11.8 Å². The Kier molecular flexibility index (Phi) is 5.63. The molecule has 0 N–H and O–H groups in total. The number of hydrogen-bond donors (Lipinski definition) is 0. The minimum Gasteiger partial charge on any atom is -0.268 e. The number of amides is 2. The van der Waals surface area contributed by atoms with Crippen LogP contribution in [0.2, 0.25) is 5.02 Å². The van der Waals surface area contributed by atoms with E-state index in [4.69, 9.17) is 11.6 Å². The lowest BCUT2D eigenvalue weighted by Crippen LogP contribution is -2.31. The molecule has 1 aromatic heterocycles. The van der Waals surface area contributed by atoms with Crippen molar-refractivity contribution in [2.45, 2.75) is 24.7 Å². The minimum atomic E-state index is -0.296. The second kappa shape index (κ2) is 8.19. The highest BCUT2D eigenvalue weighted by Crippen LogP contribution is 2.42. The van der Waals surface area contributed by atoms with Gasteiger partial charge in [0.05, 0.1) is 16.2 Å². The maximum Gasteiger partial charge on any atom is 0.272 e. The van der Waals surface area contributed by atoms with Crippen LogP contribution in [0.4, 0.5) is 5.69 Å². The second-order valence-corrected chi connectivity index (χ2v) is 9.40. The molecule has 0 radical (unpaired) electrons. The number of benzene rings is 2. The molecule has 0 spiro atoms. The third kappa shape index (κ3) is 3.90. The fourth-order valence-electron chi connectivity index (χ4n) is 3.11. The Balaban J connectivity index is 1.74. The monoisotopic (exact) mass is 439 g/mol. The molecular formula is C23H18ClNO2S2. The molecule has 0 fully saturated rings. The van der Waals surface area contributed by atoms with E-state index in [2.05, 4.69) is 13.8 Å². The summed E-state index contributed by atoms with van der Waals surface area (Å²) in [4.78, 5) is 30.0. The van der Waals surface area contributed by atoms with Gasteiger partial charge < -0.3 is 0 Å². The Morgan fingerprint density at radius 3 is 2.21 bits per heavy atom. The molecule has 0 aliphatic carbocycles. The van der Waals surface area contributed by atoms with Crippen LogP contribution < -0.4 is 4.90 Å². The van der Waals surface area contributed by atoms with Crippen molar-refractivity contribution >= 4 is 57.8 Å². The number of rotatable bonds is 5. The van der Waals surface area contributed by atoms with Crippen molar-refractivity contribution in [3.63, 3.8) is 0 Å². The van der Waals surface area contributed by atoms with E-state index in [0.717, 1.165) is 15.3 Å². The Morgan fingerprint density at radius 1 is 0.931 bits per heavy atom. The van der Waals surface area contributed by atoms with Crippen molar-refractivity contribution < 1.29 is 9.59 Å². The largest absolute Gasteiger partial charge is 0.272 e. The summed E-state index contributed by atoms with van der Waals surface area (Å²) in [7, 11) is 0. The predicted molar refractivity (Wildman–Crippen MR) is 122 cm³/mol. The van der Waals surface area contributed by atoms with Gasteiger partial charge in [0.25, 0.3) is 11.8 Å². The van der Waals surface area contributed by atoms with Gasteiger partial charge in [0, 0.05) is 14.8 Å². The van der Waals surface area contributed by atoms with E-state index in [1.165, 1.54) is 28.0 Å². The fourth-order valence-corrected chi connectivity index (χ4v) is 5.05. The molecule has 0 saturated carbocycles. The van der Waals surface area contributed by atoms with Crippen LogP contribution in [0.5, 0.6) is 0 Å². The molecule has 0 bridgehead atoms. The second-order valence-electron chi connectivity index (χ2n) is 6.93. The van der Waals surface area contributed by atoms with E-state index < -0.39 is 0 Å². The number of halogens is 1. The van der Waals surface area contributed by atoms with Crippen LogP contribution in [0.25, 0.3) is 5.57 Å². The first-order chi connectivity index (χ1) is 14.0. The van der Waals surface area contributed by atoms with Crippen LogP contribution in [0.1, 0.15) is 30.2 Å². The molecule has 4 rings (SSSR count). The first-order valence-electron chi connectivity index (χ1n) is 9.16. The highest BCUT2D eigenvalue weighted by atomic mass is 35.5. The van der Waals surface area contributed by atoms with E-state index in [9.17, 15) is 9.59 Å². The van der Waals surface area contributed by atoms with Crippen LogP contribution >= 0.6 is 34.7 Å². The van der Waals surface area contributed by atoms with Crippen molar-refractivity contribution in [3.05, 3.63) is 86.4 Å². The Hall–Kier alpha value is -2.34. The lowest BCUT2D eigenvalue weighted by Gasteiger charge is -2.16. The number of hydrogen-bond acceptors (Lipinski definition) is 4.